The van der Waals surface area contributed by atoms with Crippen LogP contribution in [-0.2, 0) is 0 Å². The van der Waals surface area contributed by atoms with Gasteiger partial charge in [-0.25, -0.2) is 0 Å². The van der Waals surface area contributed by atoms with E-state index in [2.05, 4.69) is 11.4 Å². The summed E-state index contributed by atoms with van der Waals surface area (Å²) >= 11 is 8.07. The highest BCUT2D eigenvalue weighted by Crippen LogP contribution is 2.31. The summed E-state index contributed by atoms with van der Waals surface area (Å²) in [6.45, 7) is 2.68. The van der Waals surface area contributed by atoms with Crippen molar-refractivity contribution in [1.82, 2.24) is 0 Å². The molecule has 1 aromatic rings. The maximum absolute atomic E-state index is 6.11. The van der Waals surface area contributed by atoms with Crippen molar-refractivity contribution in [3.63, 3.8) is 0 Å². The van der Waals surface area contributed by atoms with E-state index in [0.717, 1.165) is 28.4 Å². The largest absolute Gasteiger partial charge is 0.377 e. The number of halogens is 1. The quantitative estimate of drug-likeness (QED) is 0.874. The molecule has 1 fully saturated rings. The molecular weight excluding hydrogens is 240 g/mol. The first-order valence-electron chi connectivity index (χ1n) is 5.47. The van der Waals surface area contributed by atoms with Crippen molar-refractivity contribution in [2.45, 2.75) is 18.9 Å². The van der Waals surface area contributed by atoms with Crippen LogP contribution in [0.4, 0.5) is 5.69 Å². The third-order valence-corrected chi connectivity index (χ3v) is 4.73. The maximum atomic E-state index is 6.11. The Hall–Kier alpha value is -0.380. The molecule has 0 saturated carbocycles. The molecule has 0 spiro atoms. The zero-order valence-corrected chi connectivity index (χ0v) is 11.0. The summed E-state index contributed by atoms with van der Waals surface area (Å²) < 4.78 is 0. The minimum Gasteiger partial charge on any atom is -0.377 e. The van der Waals surface area contributed by atoms with Crippen LogP contribution in [0, 0.1) is 6.92 Å². The van der Waals surface area contributed by atoms with E-state index in [1.54, 1.807) is 0 Å². The standard InChI is InChI=1S/C12H17ClN2S/c1-9-2-3-10(6-11(9)13)15-12(7-14)4-5-16-8-12/h2-3,6,15H,4-5,7-8,14H2,1H3. The van der Waals surface area contributed by atoms with E-state index in [1.165, 1.54) is 5.75 Å². The van der Waals surface area contributed by atoms with E-state index in [0.29, 0.717) is 6.54 Å². The molecule has 2 nitrogen and oxygen atoms in total. The minimum absolute atomic E-state index is 0.0588. The summed E-state index contributed by atoms with van der Waals surface area (Å²) in [6, 6.07) is 6.09. The molecule has 1 saturated heterocycles. The van der Waals surface area contributed by atoms with Gasteiger partial charge in [0.05, 0.1) is 5.54 Å². The number of hydrogen-bond donors (Lipinski definition) is 2. The molecule has 0 amide bonds. The summed E-state index contributed by atoms with van der Waals surface area (Å²) in [4.78, 5) is 0. The van der Waals surface area contributed by atoms with Gasteiger partial charge < -0.3 is 11.1 Å². The fourth-order valence-electron chi connectivity index (χ4n) is 1.89. The molecule has 1 aromatic carbocycles. The molecule has 88 valence electrons. The number of rotatable bonds is 3. The number of anilines is 1. The van der Waals surface area contributed by atoms with Gasteiger partial charge >= 0.3 is 0 Å². The Kier molecular flexibility index (Phi) is 3.67. The van der Waals surface area contributed by atoms with Gasteiger partial charge in [-0.15, -0.1) is 0 Å². The second-order valence-corrected chi connectivity index (χ2v) is 5.89. The maximum Gasteiger partial charge on any atom is 0.0593 e. The second-order valence-electron chi connectivity index (χ2n) is 4.38. The smallest absolute Gasteiger partial charge is 0.0593 e. The van der Waals surface area contributed by atoms with Crippen LogP contribution in [-0.4, -0.2) is 23.6 Å². The first-order chi connectivity index (χ1) is 7.65. The molecule has 1 aliphatic rings. The van der Waals surface area contributed by atoms with E-state index in [9.17, 15) is 0 Å². The Morgan fingerprint density at radius 3 is 2.94 bits per heavy atom. The molecule has 3 N–H and O–H groups in total. The van der Waals surface area contributed by atoms with E-state index in [4.69, 9.17) is 17.3 Å². The lowest BCUT2D eigenvalue weighted by molar-refractivity contribution is 0.537. The lowest BCUT2D eigenvalue weighted by atomic mass is 9.98. The number of benzene rings is 1. The van der Waals surface area contributed by atoms with E-state index in [1.807, 2.05) is 30.8 Å². The normalized spacial score (nSPS) is 24.7. The first-order valence-corrected chi connectivity index (χ1v) is 7.01. The molecule has 4 heteroatoms. The third kappa shape index (κ3) is 2.47. The van der Waals surface area contributed by atoms with Crippen molar-refractivity contribution < 1.29 is 0 Å². The summed E-state index contributed by atoms with van der Waals surface area (Å²) in [5.74, 6) is 2.26. The average molecular weight is 257 g/mol. The van der Waals surface area contributed by atoms with Gasteiger partial charge in [0.1, 0.15) is 0 Å². The van der Waals surface area contributed by atoms with Crippen molar-refractivity contribution in [2.24, 2.45) is 5.73 Å². The molecule has 0 aliphatic carbocycles. The van der Waals surface area contributed by atoms with Gasteiger partial charge in [-0.3, -0.25) is 0 Å². The average Bonchev–Trinajstić information content (AvgIpc) is 2.73. The zero-order chi connectivity index (χ0) is 11.6. The Labute approximate surface area is 106 Å². The van der Waals surface area contributed by atoms with Crippen LogP contribution in [0.3, 0.4) is 0 Å². The number of hydrogen-bond acceptors (Lipinski definition) is 3. The highest BCUT2D eigenvalue weighted by Gasteiger charge is 2.32. The zero-order valence-electron chi connectivity index (χ0n) is 9.42. The third-order valence-electron chi connectivity index (χ3n) is 3.08. The number of thioether (sulfide) groups is 1. The van der Waals surface area contributed by atoms with E-state index in [-0.39, 0.29) is 5.54 Å². The van der Waals surface area contributed by atoms with Gasteiger partial charge in [-0.2, -0.15) is 11.8 Å². The van der Waals surface area contributed by atoms with Gasteiger partial charge in [0.2, 0.25) is 0 Å². The summed E-state index contributed by atoms with van der Waals surface area (Å²) in [5, 5.41) is 4.35. The van der Waals surface area contributed by atoms with E-state index < -0.39 is 0 Å². The van der Waals surface area contributed by atoms with Crippen molar-refractivity contribution in [3.05, 3.63) is 28.8 Å². The van der Waals surface area contributed by atoms with Crippen LogP contribution in [0.15, 0.2) is 18.2 Å². The lowest BCUT2D eigenvalue weighted by Gasteiger charge is -2.29. The minimum atomic E-state index is 0.0588. The van der Waals surface area contributed by atoms with Crippen molar-refractivity contribution in [3.8, 4) is 0 Å². The van der Waals surface area contributed by atoms with Crippen molar-refractivity contribution in [2.75, 3.05) is 23.4 Å². The predicted octanol–water partition coefficient (Wildman–Crippen LogP) is 2.89. The van der Waals surface area contributed by atoms with Crippen LogP contribution >= 0.6 is 23.4 Å². The Balaban J connectivity index is 2.16. The molecule has 0 aromatic heterocycles. The summed E-state index contributed by atoms with van der Waals surface area (Å²) in [5.41, 5.74) is 8.11. The monoisotopic (exact) mass is 256 g/mol. The van der Waals surface area contributed by atoms with Crippen LogP contribution < -0.4 is 11.1 Å². The van der Waals surface area contributed by atoms with Crippen LogP contribution in [0.25, 0.3) is 0 Å². The van der Waals surface area contributed by atoms with Crippen molar-refractivity contribution >= 4 is 29.1 Å². The number of nitrogens with one attached hydrogen (secondary N) is 1. The van der Waals surface area contributed by atoms with Crippen LogP contribution in [0.2, 0.25) is 5.02 Å². The van der Waals surface area contributed by atoms with Gasteiger partial charge in [0, 0.05) is 23.0 Å². The highest BCUT2D eigenvalue weighted by molar-refractivity contribution is 7.99. The van der Waals surface area contributed by atoms with Gasteiger partial charge in [-0.1, -0.05) is 17.7 Å². The van der Waals surface area contributed by atoms with Gasteiger partial charge in [-0.05, 0) is 36.8 Å². The SMILES string of the molecule is Cc1ccc(NC2(CN)CCSC2)cc1Cl. The number of nitrogens with two attached hydrogens (primary N) is 1. The second kappa shape index (κ2) is 4.86. The summed E-state index contributed by atoms with van der Waals surface area (Å²) in [6.07, 6.45) is 1.12. The molecule has 16 heavy (non-hydrogen) atoms. The molecule has 1 heterocycles. The Bertz CT molecular complexity index is 375. The first kappa shape index (κ1) is 12.1. The summed E-state index contributed by atoms with van der Waals surface area (Å²) in [7, 11) is 0. The molecule has 2 rings (SSSR count). The molecule has 0 radical (unpaired) electrons. The fraction of sp³-hybridized carbons (Fsp3) is 0.500. The van der Waals surface area contributed by atoms with Gasteiger partial charge in [0.15, 0.2) is 0 Å². The van der Waals surface area contributed by atoms with E-state index >= 15 is 0 Å². The lowest BCUT2D eigenvalue weighted by Crippen LogP contribution is -2.45. The van der Waals surface area contributed by atoms with Crippen LogP contribution in [0.5, 0.6) is 0 Å². The Morgan fingerprint density at radius 1 is 1.56 bits per heavy atom. The van der Waals surface area contributed by atoms with Crippen molar-refractivity contribution in [1.29, 1.82) is 0 Å². The molecular formula is C12H17ClN2S. The number of aryl methyl sites for hydroxylation is 1. The topological polar surface area (TPSA) is 38.0 Å². The molecule has 1 unspecified atom stereocenters. The highest BCUT2D eigenvalue weighted by atomic mass is 35.5. The molecule has 1 aliphatic heterocycles. The van der Waals surface area contributed by atoms with Gasteiger partial charge in [0.25, 0.3) is 0 Å². The molecule has 1 atom stereocenters. The molecule has 0 bridgehead atoms. The van der Waals surface area contributed by atoms with Crippen LogP contribution in [0.1, 0.15) is 12.0 Å². The predicted molar refractivity (Wildman–Crippen MR) is 73.5 cm³/mol. The fourth-order valence-corrected chi connectivity index (χ4v) is 3.48. The Morgan fingerprint density at radius 2 is 2.38 bits per heavy atom.